The van der Waals surface area contributed by atoms with E-state index in [4.69, 9.17) is 0 Å². The molecule has 2 fully saturated rings. The molecule has 7 heteroatoms. The lowest BCUT2D eigenvalue weighted by atomic mass is 9.89. The molecule has 26 heavy (non-hydrogen) atoms. The molecule has 2 aliphatic heterocycles. The number of nitrogens with zero attached hydrogens (tertiary/aromatic N) is 3. The van der Waals surface area contributed by atoms with Crippen molar-refractivity contribution in [1.82, 2.24) is 14.2 Å². The molecule has 5 nitrogen and oxygen atoms in total. The highest BCUT2D eigenvalue weighted by Gasteiger charge is 2.56. The Bertz CT molecular complexity index is 951. The van der Waals surface area contributed by atoms with Crippen LogP contribution in [0.15, 0.2) is 34.5 Å². The normalized spacial score (nSPS) is 28.0. The van der Waals surface area contributed by atoms with Crippen LogP contribution < -0.4 is 0 Å². The molecule has 0 N–H and O–H groups in total. The van der Waals surface area contributed by atoms with E-state index in [2.05, 4.69) is 9.88 Å². The number of hydrogen-bond acceptors (Lipinski definition) is 5. The van der Waals surface area contributed by atoms with Crippen LogP contribution in [0.1, 0.15) is 35.5 Å². The van der Waals surface area contributed by atoms with E-state index >= 15 is 0 Å². The van der Waals surface area contributed by atoms with E-state index in [0.717, 1.165) is 48.2 Å². The number of hydrogen-bond donors (Lipinski definition) is 0. The molecule has 5 rings (SSSR count). The van der Waals surface area contributed by atoms with Crippen molar-refractivity contribution in [2.24, 2.45) is 5.92 Å². The van der Waals surface area contributed by atoms with Crippen LogP contribution in [0.3, 0.4) is 0 Å². The first kappa shape index (κ1) is 16.9. The summed E-state index contributed by atoms with van der Waals surface area (Å²) in [6, 6.07) is 7.58. The van der Waals surface area contributed by atoms with Crippen LogP contribution >= 0.6 is 11.3 Å². The predicted molar refractivity (Wildman–Crippen MR) is 101 cm³/mol. The first-order valence-corrected chi connectivity index (χ1v) is 11.6. The largest absolute Gasteiger partial charge is 0.301 e. The summed E-state index contributed by atoms with van der Waals surface area (Å²) < 4.78 is 28.5. The van der Waals surface area contributed by atoms with Gasteiger partial charge in [0.25, 0.3) is 0 Å². The van der Waals surface area contributed by atoms with Gasteiger partial charge in [0.15, 0.2) is 0 Å². The number of benzene rings is 1. The average Bonchev–Trinajstić information content (AvgIpc) is 3.12. The van der Waals surface area contributed by atoms with E-state index in [1.807, 2.05) is 30.5 Å². The predicted octanol–water partition coefficient (Wildman–Crippen LogP) is 2.97. The lowest BCUT2D eigenvalue weighted by molar-refractivity contribution is 0.183. The highest BCUT2D eigenvalue weighted by Crippen LogP contribution is 2.50. The lowest BCUT2D eigenvalue weighted by Crippen LogP contribution is -2.45. The van der Waals surface area contributed by atoms with Gasteiger partial charge in [-0.05, 0) is 43.7 Å². The molecule has 1 spiro atoms. The molecule has 1 saturated heterocycles. The smallest absolute Gasteiger partial charge is 0.244 e. The first-order chi connectivity index (χ1) is 12.5. The standard InChI is InChI=1S/C19H23N3O2S2/c1-14-20-16(12-25-14)11-22-19(8-9-21(13-19)10-15-6-7-15)17-4-2-3-5-18(17)26(22,23)24/h2-5,12,15H,6-11,13H2,1H3. The van der Waals surface area contributed by atoms with Gasteiger partial charge in [0.2, 0.25) is 10.0 Å². The summed E-state index contributed by atoms with van der Waals surface area (Å²) in [5.74, 6) is 0.813. The van der Waals surface area contributed by atoms with Gasteiger partial charge in [-0.15, -0.1) is 11.3 Å². The minimum Gasteiger partial charge on any atom is -0.301 e. The Morgan fingerprint density at radius 1 is 1.31 bits per heavy atom. The number of likely N-dealkylation sites (tertiary alicyclic amines) is 1. The van der Waals surface area contributed by atoms with E-state index in [1.54, 1.807) is 21.7 Å². The third-order valence-corrected chi connectivity index (χ3v) is 8.74. The van der Waals surface area contributed by atoms with Gasteiger partial charge in [0.05, 0.1) is 27.7 Å². The minimum absolute atomic E-state index is 0.360. The second-order valence-electron chi connectivity index (χ2n) is 7.83. The number of sulfonamides is 1. The average molecular weight is 390 g/mol. The third-order valence-electron chi connectivity index (χ3n) is 5.95. The fourth-order valence-corrected chi connectivity index (χ4v) is 7.18. The molecule has 1 aliphatic carbocycles. The van der Waals surface area contributed by atoms with Crippen molar-refractivity contribution in [2.75, 3.05) is 19.6 Å². The second kappa shape index (κ2) is 5.86. The minimum atomic E-state index is -3.49. The summed E-state index contributed by atoms with van der Waals surface area (Å²) in [6.07, 6.45) is 3.50. The third kappa shape index (κ3) is 2.56. The van der Waals surface area contributed by atoms with Gasteiger partial charge in [-0.25, -0.2) is 13.4 Å². The Balaban J connectivity index is 1.56. The number of aromatic nitrogens is 1. The quantitative estimate of drug-likeness (QED) is 0.807. The highest BCUT2D eigenvalue weighted by molar-refractivity contribution is 7.89. The Kier molecular flexibility index (Phi) is 3.80. The maximum absolute atomic E-state index is 13.4. The van der Waals surface area contributed by atoms with Gasteiger partial charge in [0, 0.05) is 25.0 Å². The monoisotopic (exact) mass is 389 g/mol. The molecule has 1 atom stereocenters. The number of rotatable bonds is 4. The number of fused-ring (bicyclic) bond motifs is 2. The molecule has 3 aliphatic rings. The molecule has 1 unspecified atom stereocenters. The van der Waals surface area contributed by atoms with Gasteiger partial charge < -0.3 is 4.90 Å². The van der Waals surface area contributed by atoms with Crippen molar-refractivity contribution in [1.29, 1.82) is 0 Å². The SMILES string of the molecule is Cc1nc(CN2C3(CCN(CC4CC4)C3)c3ccccc3S2(=O)=O)cs1. The maximum atomic E-state index is 13.4. The van der Waals surface area contributed by atoms with E-state index in [0.29, 0.717) is 11.4 Å². The van der Waals surface area contributed by atoms with Crippen LogP contribution in [0.4, 0.5) is 0 Å². The van der Waals surface area contributed by atoms with Crippen LogP contribution in [-0.4, -0.2) is 42.2 Å². The summed E-state index contributed by atoms with van der Waals surface area (Å²) in [6.45, 7) is 5.19. The Morgan fingerprint density at radius 3 is 2.85 bits per heavy atom. The van der Waals surface area contributed by atoms with Gasteiger partial charge in [-0.1, -0.05) is 18.2 Å². The molecule has 2 aromatic rings. The zero-order chi connectivity index (χ0) is 17.9. The fraction of sp³-hybridized carbons (Fsp3) is 0.526. The lowest BCUT2D eigenvalue weighted by Gasteiger charge is -2.34. The molecule has 0 radical (unpaired) electrons. The van der Waals surface area contributed by atoms with Crippen molar-refractivity contribution in [3.05, 3.63) is 45.9 Å². The van der Waals surface area contributed by atoms with Crippen LogP contribution in [0, 0.1) is 12.8 Å². The molecule has 0 amide bonds. The van der Waals surface area contributed by atoms with E-state index in [-0.39, 0.29) is 0 Å². The molecule has 0 bridgehead atoms. The Labute approximate surface area is 158 Å². The van der Waals surface area contributed by atoms with Crippen molar-refractivity contribution in [3.63, 3.8) is 0 Å². The molecule has 138 valence electrons. The summed E-state index contributed by atoms with van der Waals surface area (Å²) in [7, 11) is -3.49. The molecular weight excluding hydrogens is 366 g/mol. The molecule has 1 aromatic heterocycles. The number of thiazole rings is 1. The molecule has 1 aromatic carbocycles. The summed E-state index contributed by atoms with van der Waals surface area (Å²) >= 11 is 1.58. The topological polar surface area (TPSA) is 53.5 Å². The van der Waals surface area contributed by atoms with Gasteiger partial charge in [0.1, 0.15) is 0 Å². The van der Waals surface area contributed by atoms with E-state index in [1.165, 1.54) is 12.8 Å². The maximum Gasteiger partial charge on any atom is 0.244 e. The van der Waals surface area contributed by atoms with E-state index in [9.17, 15) is 8.42 Å². The van der Waals surface area contributed by atoms with Gasteiger partial charge in [-0.3, -0.25) is 0 Å². The van der Waals surface area contributed by atoms with Gasteiger partial charge >= 0.3 is 0 Å². The summed E-state index contributed by atoms with van der Waals surface area (Å²) in [4.78, 5) is 7.49. The fourth-order valence-electron chi connectivity index (χ4n) is 4.54. The molecule has 1 saturated carbocycles. The van der Waals surface area contributed by atoms with Crippen LogP contribution in [0.5, 0.6) is 0 Å². The van der Waals surface area contributed by atoms with Gasteiger partial charge in [-0.2, -0.15) is 4.31 Å². The zero-order valence-corrected chi connectivity index (χ0v) is 16.5. The van der Waals surface area contributed by atoms with Crippen molar-refractivity contribution < 1.29 is 8.42 Å². The summed E-state index contributed by atoms with van der Waals surface area (Å²) in [5, 5.41) is 2.96. The Hall–Kier alpha value is -1.28. The van der Waals surface area contributed by atoms with Crippen molar-refractivity contribution in [3.8, 4) is 0 Å². The molecule has 3 heterocycles. The first-order valence-electron chi connectivity index (χ1n) is 9.25. The van der Waals surface area contributed by atoms with E-state index < -0.39 is 15.6 Å². The van der Waals surface area contributed by atoms with Crippen LogP contribution in [0.2, 0.25) is 0 Å². The van der Waals surface area contributed by atoms with Crippen molar-refractivity contribution in [2.45, 2.75) is 43.2 Å². The van der Waals surface area contributed by atoms with Crippen LogP contribution in [-0.2, 0) is 22.1 Å². The summed E-state index contributed by atoms with van der Waals surface area (Å²) in [5.41, 5.74) is 1.39. The number of aryl methyl sites for hydroxylation is 1. The zero-order valence-electron chi connectivity index (χ0n) is 14.9. The molecular formula is C19H23N3O2S2. The second-order valence-corrected chi connectivity index (χ2v) is 10.7. The Morgan fingerprint density at radius 2 is 2.12 bits per heavy atom. The van der Waals surface area contributed by atoms with Crippen molar-refractivity contribution >= 4 is 21.4 Å². The highest BCUT2D eigenvalue weighted by atomic mass is 32.2. The van der Waals surface area contributed by atoms with Crippen LogP contribution in [0.25, 0.3) is 0 Å².